The number of likely N-dealkylation sites (tertiary alicyclic amines) is 1. The van der Waals surface area contributed by atoms with E-state index in [1.165, 1.54) is 6.20 Å². The first kappa shape index (κ1) is 14.4. The number of hydrogen-bond donors (Lipinski definition) is 0. The van der Waals surface area contributed by atoms with Gasteiger partial charge in [-0.25, -0.2) is 0 Å². The summed E-state index contributed by atoms with van der Waals surface area (Å²) < 4.78 is 11.7. The highest BCUT2D eigenvalue weighted by Crippen LogP contribution is 2.36. The van der Waals surface area contributed by atoms with E-state index in [1.807, 2.05) is 11.8 Å². The molecule has 3 rings (SSSR count). The SMILES string of the molecule is CCO[C@H]1CO[C@@]2(CCCN(C(=O)c3ccnnc3)C2)C1. The summed E-state index contributed by atoms with van der Waals surface area (Å²) in [6.45, 7) is 4.74. The van der Waals surface area contributed by atoms with Crippen LogP contribution in [-0.2, 0) is 9.47 Å². The van der Waals surface area contributed by atoms with Crippen LogP contribution in [0.2, 0.25) is 0 Å². The van der Waals surface area contributed by atoms with Crippen LogP contribution < -0.4 is 0 Å². The molecule has 2 aliphatic rings. The summed E-state index contributed by atoms with van der Waals surface area (Å²) in [6.07, 6.45) is 6.05. The van der Waals surface area contributed by atoms with Gasteiger partial charge in [-0.1, -0.05) is 0 Å². The minimum Gasteiger partial charge on any atom is -0.376 e. The lowest BCUT2D eigenvalue weighted by Gasteiger charge is -2.39. The number of ether oxygens (including phenoxy) is 2. The third-order valence-corrected chi connectivity index (χ3v) is 4.24. The fourth-order valence-electron chi connectivity index (χ4n) is 3.30. The quantitative estimate of drug-likeness (QED) is 0.839. The molecule has 2 atom stereocenters. The zero-order valence-corrected chi connectivity index (χ0v) is 12.3. The van der Waals surface area contributed by atoms with E-state index in [-0.39, 0.29) is 17.6 Å². The van der Waals surface area contributed by atoms with Crippen LogP contribution in [0.25, 0.3) is 0 Å². The average Bonchev–Trinajstić information content (AvgIpc) is 2.90. The van der Waals surface area contributed by atoms with Gasteiger partial charge in [0.1, 0.15) is 0 Å². The highest BCUT2D eigenvalue weighted by atomic mass is 16.6. The van der Waals surface area contributed by atoms with Crippen molar-refractivity contribution in [3.05, 3.63) is 24.0 Å². The van der Waals surface area contributed by atoms with Crippen molar-refractivity contribution < 1.29 is 14.3 Å². The summed E-state index contributed by atoms with van der Waals surface area (Å²) in [7, 11) is 0. The minimum atomic E-state index is -0.228. The highest BCUT2D eigenvalue weighted by Gasteiger charge is 2.44. The molecule has 114 valence electrons. The van der Waals surface area contributed by atoms with E-state index in [4.69, 9.17) is 9.47 Å². The van der Waals surface area contributed by atoms with Gasteiger partial charge in [-0.05, 0) is 25.8 Å². The van der Waals surface area contributed by atoms with E-state index < -0.39 is 0 Å². The molecule has 1 spiro atoms. The van der Waals surface area contributed by atoms with Crippen LogP contribution in [0.15, 0.2) is 18.5 Å². The molecule has 2 saturated heterocycles. The number of piperidine rings is 1. The van der Waals surface area contributed by atoms with E-state index in [0.717, 1.165) is 25.8 Å². The number of carbonyl (C=O) groups excluding carboxylic acids is 1. The number of aromatic nitrogens is 2. The molecule has 0 aliphatic carbocycles. The molecule has 0 N–H and O–H groups in total. The number of hydrogen-bond acceptors (Lipinski definition) is 5. The molecule has 2 aliphatic heterocycles. The van der Waals surface area contributed by atoms with Crippen LogP contribution in [0.1, 0.15) is 36.5 Å². The summed E-state index contributed by atoms with van der Waals surface area (Å²) in [4.78, 5) is 14.4. The van der Waals surface area contributed by atoms with Gasteiger partial charge in [0, 0.05) is 19.6 Å². The first-order valence-electron chi connectivity index (χ1n) is 7.54. The standard InChI is InChI=1S/C15H21N3O3/c1-2-20-13-8-15(21-10-13)5-3-7-18(11-15)14(19)12-4-6-16-17-9-12/h4,6,9,13H,2-3,5,7-8,10-11H2,1H3/t13-,15+/m1/s1. The molecule has 6 nitrogen and oxygen atoms in total. The Morgan fingerprint density at radius 2 is 2.48 bits per heavy atom. The van der Waals surface area contributed by atoms with Crippen LogP contribution in [-0.4, -0.2) is 59.0 Å². The smallest absolute Gasteiger partial charge is 0.255 e. The fourth-order valence-corrected chi connectivity index (χ4v) is 3.30. The lowest BCUT2D eigenvalue weighted by atomic mass is 9.89. The Bertz CT molecular complexity index is 496. The molecule has 0 aromatic carbocycles. The molecule has 21 heavy (non-hydrogen) atoms. The third-order valence-electron chi connectivity index (χ3n) is 4.24. The van der Waals surface area contributed by atoms with Gasteiger partial charge in [0.05, 0.1) is 42.8 Å². The largest absolute Gasteiger partial charge is 0.376 e. The van der Waals surface area contributed by atoms with E-state index in [1.54, 1.807) is 12.3 Å². The lowest BCUT2D eigenvalue weighted by Crippen LogP contribution is -2.50. The van der Waals surface area contributed by atoms with Crippen molar-refractivity contribution in [2.45, 2.75) is 37.9 Å². The van der Waals surface area contributed by atoms with E-state index >= 15 is 0 Å². The van der Waals surface area contributed by atoms with Crippen molar-refractivity contribution in [3.8, 4) is 0 Å². The number of amides is 1. The lowest BCUT2D eigenvalue weighted by molar-refractivity contribution is -0.0462. The van der Waals surface area contributed by atoms with Gasteiger partial charge >= 0.3 is 0 Å². The van der Waals surface area contributed by atoms with Gasteiger partial charge in [-0.15, -0.1) is 0 Å². The highest BCUT2D eigenvalue weighted by molar-refractivity contribution is 5.93. The Morgan fingerprint density at radius 3 is 3.24 bits per heavy atom. The maximum Gasteiger partial charge on any atom is 0.255 e. The van der Waals surface area contributed by atoms with Crippen LogP contribution in [0.5, 0.6) is 0 Å². The molecule has 1 aromatic heterocycles. The Kier molecular flexibility index (Phi) is 4.17. The van der Waals surface area contributed by atoms with E-state index in [0.29, 0.717) is 25.3 Å². The summed E-state index contributed by atoms with van der Waals surface area (Å²) in [6, 6.07) is 1.70. The van der Waals surface area contributed by atoms with E-state index in [9.17, 15) is 4.79 Å². The summed E-state index contributed by atoms with van der Waals surface area (Å²) >= 11 is 0. The molecule has 0 bridgehead atoms. The Labute approximate surface area is 124 Å². The maximum absolute atomic E-state index is 12.5. The first-order valence-corrected chi connectivity index (χ1v) is 7.54. The Morgan fingerprint density at radius 1 is 1.57 bits per heavy atom. The van der Waals surface area contributed by atoms with Gasteiger partial charge < -0.3 is 14.4 Å². The molecular weight excluding hydrogens is 270 g/mol. The summed E-state index contributed by atoms with van der Waals surface area (Å²) in [5, 5.41) is 7.49. The number of carbonyl (C=O) groups is 1. The van der Waals surface area contributed by atoms with Crippen molar-refractivity contribution in [1.29, 1.82) is 0 Å². The number of rotatable bonds is 3. The fraction of sp³-hybridized carbons (Fsp3) is 0.667. The van der Waals surface area contributed by atoms with E-state index in [2.05, 4.69) is 10.2 Å². The van der Waals surface area contributed by atoms with Crippen molar-refractivity contribution in [2.24, 2.45) is 0 Å². The molecular formula is C15H21N3O3. The van der Waals surface area contributed by atoms with Gasteiger partial charge in [-0.2, -0.15) is 10.2 Å². The minimum absolute atomic E-state index is 0.00688. The molecule has 6 heteroatoms. The molecule has 0 saturated carbocycles. The second-order valence-electron chi connectivity index (χ2n) is 5.74. The van der Waals surface area contributed by atoms with Gasteiger partial charge in [0.15, 0.2) is 0 Å². The second-order valence-corrected chi connectivity index (χ2v) is 5.74. The van der Waals surface area contributed by atoms with Crippen LogP contribution >= 0.6 is 0 Å². The predicted molar refractivity (Wildman–Crippen MR) is 75.9 cm³/mol. The summed E-state index contributed by atoms with van der Waals surface area (Å²) in [5.41, 5.74) is 0.357. The Hall–Kier alpha value is -1.53. The van der Waals surface area contributed by atoms with Gasteiger partial charge in [-0.3, -0.25) is 4.79 Å². The molecule has 2 fully saturated rings. The Balaban J connectivity index is 1.68. The predicted octanol–water partition coefficient (Wildman–Crippen LogP) is 1.28. The third kappa shape index (κ3) is 3.06. The first-order chi connectivity index (χ1) is 10.2. The summed E-state index contributed by atoms with van der Waals surface area (Å²) in [5.74, 6) is 0.00688. The van der Waals surface area contributed by atoms with Crippen molar-refractivity contribution in [3.63, 3.8) is 0 Å². The monoisotopic (exact) mass is 291 g/mol. The average molecular weight is 291 g/mol. The van der Waals surface area contributed by atoms with Crippen molar-refractivity contribution in [1.82, 2.24) is 15.1 Å². The van der Waals surface area contributed by atoms with Crippen LogP contribution in [0, 0.1) is 0 Å². The van der Waals surface area contributed by atoms with Crippen molar-refractivity contribution >= 4 is 5.91 Å². The van der Waals surface area contributed by atoms with Crippen molar-refractivity contribution in [2.75, 3.05) is 26.3 Å². The van der Waals surface area contributed by atoms with Gasteiger partial charge in [0.25, 0.3) is 5.91 Å². The van der Waals surface area contributed by atoms with Crippen LogP contribution in [0.4, 0.5) is 0 Å². The normalized spacial score (nSPS) is 29.0. The topological polar surface area (TPSA) is 64.6 Å². The molecule has 1 amide bonds. The van der Waals surface area contributed by atoms with Gasteiger partial charge in [0.2, 0.25) is 0 Å². The zero-order valence-electron chi connectivity index (χ0n) is 12.3. The number of nitrogens with zero attached hydrogens (tertiary/aromatic N) is 3. The second kappa shape index (κ2) is 6.07. The molecule has 0 radical (unpaired) electrons. The van der Waals surface area contributed by atoms with Crippen LogP contribution in [0.3, 0.4) is 0 Å². The molecule has 1 aromatic rings. The zero-order chi connectivity index (χ0) is 14.7. The maximum atomic E-state index is 12.5. The molecule has 3 heterocycles. The molecule has 0 unspecified atom stereocenters.